The Bertz CT molecular complexity index is 1200. The van der Waals surface area contributed by atoms with Crippen molar-refractivity contribution >= 4 is 34.3 Å². The molecule has 1 fully saturated rings. The Kier molecular flexibility index (Phi) is 5.22. The summed E-state index contributed by atoms with van der Waals surface area (Å²) in [5.41, 5.74) is 3.43. The fourth-order valence-electron chi connectivity index (χ4n) is 3.48. The number of hydrogen-bond acceptors (Lipinski definition) is 3. The van der Waals surface area contributed by atoms with Crippen LogP contribution in [-0.2, 0) is 4.79 Å². The van der Waals surface area contributed by atoms with Crippen LogP contribution in [0.5, 0.6) is 0 Å². The monoisotopic (exact) mass is 400 g/mol. The lowest BCUT2D eigenvalue weighted by Gasteiger charge is -2.13. The quantitative estimate of drug-likeness (QED) is 0.356. The number of urea groups is 1. The summed E-state index contributed by atoms with van der Waals surface area (Å²) >= 11 is 0. The van der Waals surface area contributed by atoms with Crippen LogP contribution in [0.2, 0.25) is 0 Å². The third kappa shape index (κ3) is 3.76. The number of nitrogens with zero attached hydrogens (tertiary/aromatic N) is 1. The van der Waals surface area contributed by atoms with Crippen molar-refractivity contribution in [2.24, 2.45) is 0 Å². The topological polar surface area (TPSA) is 94.3 Å². The number of aryl methyl sites for hydroxylation is 1. The van der Waals surface area contributed by atoms with Gasteiger partial charge in [0.25, 0.3) is 11.7 Å². The van der Waals surface area contributed by atoms with Crippen LogP contribution in [0.1, 0.15) is 21.6 Å². The summed E-state index contributed by atoms with van der Waals surface area (Å²) in [6.07, 6.45) is 0. The molecule has 0 bridgehead atoms. The first-order valence-electron chi connectivity index (χ1n) is 9.59. The van der Waals surface area contributed by atoms with Gasteiger partial charge in [-0.25, -0.2) is 4.79 Å². The summed E-state index contributed by atoms with van der Waals surface area (Å²) in [5.74, 6) is 4.52. The highest BCUT2D eigenvalue weighted by atomic mass is 16.2. The SMILES string of the molecule is Cc1[nH]c2ccccc2c1C(=O)C(=O)NCC#Cc1ccc(N2CCNC2=O)cc1. The lowest BCUT2D eigenvalue weighted by Crippen LogP contribution is -2.31. The molecule has 0 atom stereocenters. The van der Waals surface area contributed by atoms with E-state index in [1.54, 1.807) is 11.8 Å². The average Bonchev–Trinajstić information content (AvgIpc) is 3.33. The summed E-state index contributed by atoms with van der Waals surface area (Å²) in [7, 11) is 0. The van der Waals surface area contributed by atoms with Crippen molar-refractivity contribution in [1.29, 1.82) is 0 Å². The van der Waals surface area contributed by atoms with Gasteiger partial charge in [0.2, 0.25) is 0 Å². The van der Waals surface area contributed by atoms with Crippen molar-refractivity contribution in [3.05, 3.63) is 65.4 Å². The van der Waals surface area contributed by atoms with Crippen molar-refractivity contribution in [3.8, 4) is 11.8 Å². The van der Waals surface area contributed by atoms with E-state index in [1.807, 2.05) is 48.5 Å². The molecule has 0 unspecified atom stereocenters. The first-order chi connectivity index (χ1) is 14.5. The van der Waals surface area contributed by atoms with Crippen LogP contribution >= 0.6 is 0 Å². The highest BCUT2D eigenvalue weighted by Gasteiger charge is 2.22. The summed E-state index contributed by atoms with van der Waals surface area (Å²) in [4.78, 5) is 41.3. The Hall–Kier alpha value is -4.05. The minimum absolute atomic E-state index is 0.0578. The molecule has 1 saturated heterocycles. The first kappa shape index (κ1) is 19.3. The Morgan fingerprint density at radius 2 is 1.90 bits per heavy atom. The lowest BCUT2D eigenvalue weighted by atomic mass is 10.1. The smallest absolute Gasteiger partial charge is 0.321 e. The van der Waals surface area contributed by atoms with E-state index in [-0.39, 0.29) is 12.6 Å². The van der Waals surface area contributed by atoms with Crippen molar-refractivity contribution in [1.82, 2.24) is 15.6 Å². The van der Waals surface area contributed by atoms with E-state index in [9.17, 15) is 14.4 Å². The normalized spacial score (nSPS) is 13.0. The third-order valence-corrected chi connectivity index (χ3v) is 4.93. The van der Waals surface area contributed by atoms with Gasteiger partial charge in [-0.05, 0) is 37.3 Å². The van der Waals surface area contributed by atoms with Gasteiger partial charge in [0.1, 0.15) is 0 Å². The number of Topliss-reactive ketones (excluding diaryl/α,β-unsaturated/α-hetero) is 1. The minimum Gasteiger partial charge on any atom is -0.358 e. The molecule has 2 heterocycles. The number of amides is 3. The van der Waals surface area contributed by atoms with Gasteiger partial charge in [0, 0.05) is 40.9 Å². The van der Waals surface area contributed by atoms with E-state index >= 15 is 0 Å². The summed E-state index contributed by atoms with van der Waals surface area (Å²) < 4.78 is 0. The Balaban J connectivity index is 1.37. The van der Waals surface area contributed by atoms with Crippen molar-refractivity contribution < 1.29 is 14.4 Å². The number of ketones is 1. The maximum atomic E-state index is 12.6. The molecule has 7 heteroatoms. The van der Waals surface area contributed by atoms with Gasteiger partial charge in [-0.15, -0.1) is 0 Å². The molecule has 1 aliphatic heterocycles. The standard InChI is InChI=1S/C23H20N4O3/c1-15-20(18-6-2-3-7-19(18)26-15)21(28)22(29)24-12-4-5-16-8-10-17(11-9-16)27-14-13-25-23(27)30/h2-3,6-11,26H,12-14H2,1H3,(H,24,29)(H,25,30). The molecule has 30 heavy (non-hydrogen) atoms. The number of carbonyl (C=O) groups excluding carboxylic acids is 3. The molecule has 3 amide bonds. The Morgan fingerprint density at radius 1 is 1.13 bits per heavy atom. The lowest BCUT2D eigenvalue weighted by molar-refractivity contribution is -0.116. The van der Waals surface area contributed by atoms with E-state index < -0.39 is 11.7 Å². The number of benzene rings is 2. The number of aromatic amines is 1. The number of para-hydroxylation sites is 1. The molecular formula is C23H20N4O3. The number of anilines is 1. The maximum absolute atomic E-state index is 12.6. The van der Waals surface area contributed by atoms with Crippen LogP contribution in [0, 0.1) is 18.8 Å². The molecular weight excluding hydrogens is 380 g/mol. The third-order valence-electron chi connectivity index (χ3n) is 4.93. The molecule has 150 valence electrons. The molecule has 1 aromatic heterocycles. The van der Waals surface area contributed by atoms with Crippen LogP contribution in [0.15, 0.2) is 48.5 Å². The molecule has 4 rings (SSSR count). The summed E-state index contributed by atoms with van der Waals surface area (Å²) in [6, 6.07) is 14.6. The number of fused-ring (bicyclic) bond motifs is 1. The molecule has 0 aliphatic carbocycles. The molecule has 2 aromatic carbocycles. The van der Waals surface area contributed by atoms with Gasteiger partial charge < -0.3 is 15.6 Å². The number of carbonyl (C=O) groups is 3. The van der Waals surface area contributed by atoms with E-state index in [1.165, 1.54) is 0 Å². The van der Waals surface area contributed by atoms with Gasteiger partial charge in [-0.3, -0.25) is 14.5 Å². The molecule has 3 N–H and O–H groups in total. The van der Waals surface area contributed by atoms with Gasteiger partial charge in [0.05, 0.1) is 12.1 Å². The van der Waals surface area contributed by atoms with E-state index in [0.717, 1.165) is 22.2 Å². The van der Waals surface area contributed by atoms with Crippen LogP contribution < -0.4 is 15.5 Å². The summed E-state index contributed by atoms with van der Waals surface area (Å²) in [5, 5.41) is 6.04. The van der Waals surface area contributed by atoms with E-state index in [2.05, 4.69) is 27.5 Å². The fourth-order valence-corrected chi connectivity index (χ4v) is 3.48. The zero-order valence-corrected chi connectivity index (χ0v) is 16.4. The predicted octanol–water partition coefficient (Wildman–Crippen LogP) is 2.36. The van der Waals surface area contributed by atoms with Crippen LogP contribution in [0.4, 0.5) is 10.5 Å². The molecule has 7 nitrogen and oxygen atoms in total. The molecule has 0 saturated carbocycles. The zero-order valence-electron chi connectivity index (χ0n) is 16.4. The summed E-state index contributed by atoms with van der Waals surface area (Å²) in [6.45, 7) is 3.11. The molecule has 0 radical (unpaired) electrons. The zero-order chi connectivity index (χ0) is 21.1. The second kappa shape index (κ2) is 8.13. The minimum atomic E-state index is -0.687. The van der Waals surface area contributed by atoms with Gasteiger partial charge >= 0.3 is 6.03 Å². The number of rotatable bonds is 4. The molecule has 0 spiro atoms. The molecule has 3 aromatic rings. The van der Waals surface area contributed by atoms with Gasteiger partial charge in [-0.2, -0.15) is 0 Å². The molecule has 1 aliphatic rings. The van der Waals surface area contributed by atoms with Crippen molar-refractivity contribution in [2.75, 3.05) is 24.5 Å². The van der Waals surface area contributed by atoms with Crippen molar-refractivity contribution in [2.45, 2.75) is 6.92 Å². The van der Waals surface area contributed by atoms with Crippen molar-refractivity contribution in [3.63, 3.8) is 0 Å². The van der Waals surface area contributed by atoms with Gasteiger partial charge in [0.15, 0.2) is 0 Å². The van der Waals surface area contributed by atoms with Crippen LogP contribution in [0.25, 0.3) is 10.9 Å². The number of nitrogens with one attached hydrogen (secondary N) is 3. The van der Waals surface area contributed by atoms with Crippen LogP contribution in [0.3, 0.4) is 0 Å². The number of H-pyrrole nitrogens is 1. The largest absolute Gasteiger partial charge is 0.358 e. The first-order valence-corrected chi connectivity index (χ1v) is 9.59. The predicted molar refractivity (Wildman–Crippen MR) is 114 cm³/mol. The second-order valence-electron chi connectivity index (χ2n) is 6.91. The highest BCUT2D eigenvalue weighted by Crippen LogP contribution is 2.22. The fraction of sp³-hybridized carbons (Fsp3) is 0.174. The van der Waals surface area contributed by atoms with Gasteiger partial charge in [-0.1, -0.05) is 30.0 Å². The Labute approximate surface area is 173 Å². The van der Waals surface area contributed by atoms with E-state index in [0.29, 0.717) is 24.3 Å². The second-order valence-corrected chi connectivity index (χ2v) is 6.91. The number of hydrogen-bond donors (Lipinski definition) is 3. The Morgan fingerprint density at radius 3 is 2.63 bits per heavy atom. The number of aromatic nitrogens is 1. The highest BCUT2D eigenvalue weighted by molar-refractivity contribution is 6.45. The van der Waals surface area contributed by atoms with E-state index in [4.69, 9.17) is 0 Å². The van der Waals surface area contributed by atoms with Crippen LogP contribution in [-0.4, -0.2) is 42.3 Å². The average molecular weight is 400 g/mol. The maximum Gasteiger partial charge on any atom is 0.321 e.